The second-order valence-corrected chi connectivity index (χ2v) is 10.9. The third kappa shape index (κ3) is 6.23. The summed E-state index contributed by atoms with van der Waals surface area (Å²) in [6.07, 6.45) is 2.49. The van der Waals surface area contributed by atoms with Gasteiger partial charge in [-0.2, -0.15) is 0 Å². The van der Waals surface area contributed by atoms with Gasteiger partial charge in [-0.25, -0.2) is 13.9 Å². The molecular weight excluding hydrogens is 470 g/mol. The van der Waals surface area contributed by atoms with Crippen LogP contribution in [0.3, 0.4) is 0 Å². The largest absolute Gasteiger partial charge is 0.326 e. The number of sulfone groups is 1. The minimum absolute atomic E-state index is 0.0392. The van der Waals surface area contributed by atoms with Gasteiger partial charge in [0.1, 0.15) is 0 Å². The summed E-state index contributed by atoms with van der Waals surface area (Å²) < 4.78 is 23.6. The lowest BCUT2D eigenvalue weighted by atomic mass is 10.1. The Morgan fingerprint density at radius 2 is 1.66 bits per heavy atom. The number of amides is 2. The molecule has 0 spiro atoms. The minimum atomic E-state index is -3.86. The van der Waals surface area contributed by atoms with Crippen LogP contribution in [0, 0.1) is 0 Å². The standard InChI is InChI=1S/C25H27N3O6S/c1-25(24(31)27-32,35(2,33)34)13-15-28-14-12-20(17-23(28)30)19-8-10-21(11-9-19)26-22(29)16-18-6-4-3-5-7-18/h3-12,14,17,32H,13,15-16H2,1-2H3,(H,26,29)(H,27,31). The van der Waals surface area contributed by atoms with Gasteiger partial charge < -0.3 is 9.88 Å². The second-order valence-electron chi connectivity index (χ2n) is 8.43. The van der Waals surface area contributed by atoms with Crippen LogP contribution in [0.4, 0.5) is 5.69 Å². The fourth-order valence-corrected chi connectivity index (χ4v) is 4.37. The first kappa shape index (κ1) is 25.9. The number of nitrogens with one attached hydrogen (secondary N) is 2. The van der Waals surface area contributed by atoms with E-state index in [-0.39, 0.29) is 30.9 Å². The molecule has 0 bridgehead atoms. The van der Waals surface area contributed by atoms with Gasteiger partial charge in [-0.05, 0) is 48.2 Å². The topological polar surface area (TPSA) is 135 Å². The average Bonchev–Trinajstić information content (AvgIpc) is 2.82. The zero-order valence-corrected chi connectivity index (χ0v) is 20.2. The summed E-state index contributed by atoms with van der Waals surface area (Å²) in [4.78, 5) is 36.8. The van der Waals surface area contributed by atoms with Crippen LogP contribution in [0.1, 0.15) is 18.9 Å². The molecule has 35 heavy (non-hydrogen) atoms. The van der Waals surface area contributed by atoms with Crippen molar-refractivity contribution in [3.05, 3.63) is 88.8 Å². The van der Waals surface area contributed by atoms with E-state index in [1.807, 2.05) is 30.3 Å². The monoisotopic (exact) mass is 497 g/mol. The van der Waals surface area contributed by atoms with Gasteiger partial charge in [-0.15, -0.1) is 0 Å². The van der Waals surface area contributed by atoms with Gasteiger partial charge in [0.2, 0.25) is 5.91 Å². The number of nitrogens with zero attached hydrogens (tertiary/aromatic N) is 1. The highest BCUT2D eigenvalue weighted by molar-refractivity contribution is 7.92. The molecule has 0 aliphatic carbocycles. The molecule has 10 heteroatoms. The van der Waals surface area contributed by atoms with Crippen molar-refractivity contribution in [1.29, 1.82) is 0 Å². The Bertz CT molecular complexity index is 1370. The predicted molar refractivity (Wildman–Crippen MR) is 133 cm³/mol. The Hall–Kier alpha value is -3.76. The Morgan fingerprint density at radius 1 is 1.00 bits per heavy atom. The number of benzene rings is 2. The quantitative estimate of drug-likeness (QED) is 0.307. The average molecular weight is 498 g/mol. The summed E-state index contributed by atoms with van der Waals surface area (Å²) >= 11 is 0. The highest BCUT2D eigenvalue weighted by Gasteiger charge is 2.43. The SMILES string of the molecule is CC(CCn1ccc(-c2ccc(NC(=O)Cc3ccccc3)cc2)cc1=O)(C(=O)NO)S(C)(=O)=O. The Morgan fingerprint density at radius 3 is 2.23 bits per heavy atom. The van der Waals surface area contributed by atoms with E-state index in [9.17, 15) is 22.8 Å². The van der Waals surface area contributed by atoms with Gasteiger partial charge in [0.05, 0.1) is 6.42 Å². The molecule has 0 saturated heterocycles. The van der Waals surface area contributed by atoms with Crippen LogP contribution >= 0.6 is 0 Å². The minimum Gasteiger partial charge on any atom is -0.326 e. The molecule has 1 heterocycles. The summed E-state index contributed by atoms with van der Waals surface area (Å²) in [5.74, 6) is -1.19. The first-order valence-electron chi connectivity index (χ1n) is 10.8. The fourth-order valence-electron chi connectivity index (χ4n) is 3.52. The van der Waals surface area contributed by atoms with Crippen LogP contribution in [-0.4, -0.2) is 41.0 Å². The van der Waals surface area contributed by atoms with Crippen molar-refractivity contribution in [2.24, 2.45) is 0 Å². The molecule has 0 saturated carbocycles. The van der Waals surface area contributed by atoms with Crippen molar-refractivity contribution in [2.75, 3.05) is 11.6 Å². The van der Waals surface area contributed by atoms with E-state index in [4.69, 9.17) is 5.21 Å². The number of hydrogen-bond acceptors (Lipinski definition) is 6. The molecule has 0 fully saturated rings. The van der Waals surface area contributed by atoms with Crippen molar-refractivity contribution in [3.63, 3.8) is 0 Å². The highest BCUT2D eigenvalue weighted by Crippen LogP contribution is 2.23. The molecule has 184 valence electrons. The van der Waals surface area contributed by atoms with E-state index < -0.39 is 20.5 Å². The number of hydroxylamine groups is 1. The first-order valence-corrected chi connectivity index (χ1v) is 12.7. The first-order chi connectivity index (χ1) is 16.5. The molecule has 2 aromatic carbocycles. The molecule has 2 amide bonds. The number of anilines is 1. The predicted octanol–water partition coefficient (Wildman–Crippen LogP) is 2.40. The smallest absolute Gasteiger partial charge is 0.264 e. The maximum atomic E-state index is 12.6. The summed E-state index contributed by atoms with van der Waals surface area (Å²) in [7, 11) is -3.86. The summed E-state index contributed by atoms with van der Waals surface area (Å²) in [5, 5.41) is 11.8. The Labute approximate surface area is 203 Å². The van der Waals surface area contributed by atoms with Crippen LogP contribution < -0.4 is 16.4 Å². The third-order valence-electron chi connectivity index (χ3n) is 5.94. The van der Waals surface area contributed by atoms with Gasteiger partial charge in [0.15, 0.2) is 14.6 Å². The number of carbonyl (C=O) groups is 2. The van der Waals surface area contributed by atoms with E-state index in [0.29, 0.717) is 11.3 Å². The number of aryl methyl sites for hydroxylation is 1. The molecule has 1 atom stereocenters. The van der Waals surface area contributed by atoms with E-state index >= 15 is 0 Å². The highest BCUT2D eigenvalue weighted by atomic mass is 32.2. The fraction of sp³-hybridized carbons (Fsp3) is 0.240. The van der Waals surface area contributed by atoms with Gasteiger partial charge in [-0.3, -0.25) is 19.6 Å². The van der Waals surface area contributed by atoms with Crippen LogP contribution in [0.5, 0.6) is 0 Å². The molecule has 0 aliphatic heterocycles. The Balaban J connectivity index is 1.68. The lowest BCUT2D eigenvalue weighted by molar-refractivity contribution is -0.131. The zero-order valence-electron chi connectivity index (χ0n) is 19.4. The molecule has 3 rings (SSSR count). The molecule has 3 aromatic rings. The molecular formula is C25H27N3O6S. The van der Waals surface area contributed by atoms with Crippen molar-refractivity contribution in [1.82, 2.24) is 10.0 Å². The van der Waals surface area contributed by atoms with Crippen molar-refractivity contribution < 1.29 is 23.2 Å². The van der Waals surface area contributed by atoms with Gasteiger partial charge >= 0.3 is 0 Å². The van der Waals surface area contributed by atoms with E-state index in [2.05, 4.69) is 5.32 Å². The zero-order chi connectivity index (χ0) is 25.6. The van der Waals surface area contributed by atoms with Crippen LogP contribution in [0.25, 0.3) is 11.1 Å². The summed E-state index contributed by atoms with van der Waals surface area (Å²) in [6.45, 7) is 1.16. The van der Waals surface area contributed by atoms with Crippen LogP contribution in [-0.2, 0) is 32.4 Å². The van der Waals surface area contributed by atoms with E-state index in [1.165, 1.54) is 29.2 Å². The molecule has 1 unspecified atom stereocenters. The lowest BCUT2D eigenvalue weighted by Crippen LogP contribution is -2.49. The summed E-state index contributed by atoms with van der Waals surface area (Å²) in [5.41, 5.74) is 3.97. The van der Waals surface area contributed by atoms with E-state index in [1.54, 1.807) is 30.3 Å². The number of carbonyl (C=O) groups excluding carboxylic acids is 2. The number of rotatable bonds is 9. The Kier molecular flexibility index (Phi) is 7.88. The molecule has 0 radical (unpaired) electrons. The maximum absolute atomic E-state index is 12.6. The molecule has 9 nitrogen and oxygen atoms in total. The van der Waals surface area contributed by atoms with Gasteiger partial charge in [0.25, 0.3) is 11.5 Å². The second kappa shape index (κ2) is 10.7. The van der Waals surface area contributed by atoms with Crippen molar-refractivity contribution in [2.45, 2.75) is 31.1 Å². The van der Waals surface area contributed by atoms with E-state index in [0.717, 1.165) is 17.4 Å². The van der Waals surface area contributed by atoms with Crippen LogP contribution in [0.2, 0.25) is 0 Å². The van der Waals surface area contributed by atoms with Gasteiger partial charge in [-0.1, -0.05) is 42.5 Å². The third-order valence-corrected chi connectivity index (χ3v) is 7.96. The maximum Gasteiger partial charge on any atom is 0.264 e. The molecule has 1 aromatic heterocycles. The normalized spacial score (nSPS) is 13.0. The number of hydrogen-bond donors (Lipinski definition) is 3. The lowest BCUT2D eigenvalue weighted by Gasteiger charge is -2.25. The molecule has 3 N–H and O–H groups in total. The number of pyridine rings is 1. The van der Waals surface area contributed by atoms with Gasteiger partial charge in [0, 0.05) is 30.8 Å². The van der Waals surface area contributed by atoms with Crippen molar-refractivity contribution >= 4 is 27.3 Å². The summed E-state index contributed by atoms with van der Waals surface area (Å²) in [6, 6.07) is 19.6. The molecule has 0 aliphatic rings. The number of aromatic nitrogens is 1. The van der Waals surface area contributed by atoms with Crippen molar-refractivity contribution in [3.8, 4) is 11.1 Å². The van der Waals surface area contributed by atoms with Crippen LogP contribution in [0.15, 0.2) is 77.7 Å².